The van der Waals surface area contributed by atoms with Crippen LogP contribution >= 0.6 is 11.3 Å². The van der Waals surface area contributed by atoms with Gasteiger partial charge in [0.1, 0.15) is 4.21 Å². The van der Waals surface area contributed by atoms with Crippen LogP contribution in [0.4, 0.5) is 0 Å². The Kier molecular flexibility index (Phi) is 7.17. The zero-order chi connectivity index (χ0) is 20.0. The van der Waals surface area contributed by atoms with Crippen LogP contribution in [0.2, 0.25) is 0 Å². The number of carbonyl (C=O) groups excluding carboxylic acids is 1. The Hall–Kier alpha value is -1.81. The molecule has 0 saturated carbocycles. The molecule has 0 aromatic carbocycles. The van der Waals surface area contributed by atoms with Gasteiger partial charge in [-0.25, -0.2) is 8.42 Å². The molecule has 2 aromatic rings. The van der Waals surface area contributed by atoms with Crippen molar-refractivity contribution in [2.75, 3.05) is 33.4 Å². The van der Waals surface area contributed by atoms with Gasteiger partial charge in [0.2, 0.25) is 5.91 Å². The normalized spacial score (nSPS) is 15.0. The first-order valence-electron chi connectivity index (χ1n) is 9.26. The van der Waals surface area contributed by atoms with E-state index in [9.17, 15) is 13.2 Å². The van der Waals surface area contributed by atoms with Crippen molar-refractivity contribution in [3.05, 3.63) is 47.1 Å². The second-order valence-corrected chi connectivity index (χ2v) is 9.97. The highest BCUT2D eigenvalue weighted by Gasteiger charge is 2.29. The third-order valence-corrected chi connectivity index (χ3v) is 8.07. The largest absolute Gasteiger partial charge is 0.383 e. The van der Waals surface area contributed by atoms with E-state index in [-0.39, 0.29) is 12.3 Å². The van der Waals surface area contributed by atoms with E-state index in [1.54, 1.807) is 30.3 Å². The number of sulfonamides is 1. The smallest absolute Gasteiger partial charge is 0.252 e. The fourth-order valence-electron chi connectivity index (χ4n) is 3.09. The number of pyridine rings is 1. The van der Waals surface area contributed by atoms with E-state index in [1.807, 2.05) is 18.2 Å². The summed E-state index contributed by atoms with van der Waals surface area (Å²) in [5, 5.41) is 0. The Balaban J connectivity index is 1.68. The highest BCUT2D eigenvalue weighted by molar-refractivity contribution is 7.91. The molecule has 0 atom stereocenters. The number of aromatic nitrogens is 1. The second kappa shape index (κ2) is 9.60. The van der Waals surface area contributed by atoms with Crippen molar-refractivity contribution in [1.29, 1.82) is 0 Å². The molecule has 1 fully saturated rings. The number of methoxy groups -OCH3 is 1. The molecule has 0 N–H and O–H groups in total. The van der Waals surface area contributed by atoms with Crippen molar-refractivity contribution < 1.29 is 17.9 Å². The molecule has 7 nitrogen and oxygen atoms in total. The summed E-state index contributed by atoms with van der Waals surface area (Å²) in [6.07, 6.45) is 3.66. The summed E-state index contributed by atoms with van der Waals surface area (Å²) in [5.41, 5.74) is 0.801. The molecule has 1 aliphatic heterocycles. The van der Waals surface area contributed by atoms with Gasteiger partial charge in [-0.2, -0.15) is 4.31 Å². The van der Waals surface area contributed by atoms with Gasteiger partial charge in [-0.1, -0.05) is 6.07 Å². The first kappa shape index (κ1) is 20.9. The van der Waals surface area contributed by atoms with Crippen LogP contribution in [-0.2, 0) is 32.5 Å². The molecule has 152 valence electrons. The fraction of sp³-hybridized carbons (Fsp3) is 0.474. The number of rotatable bonds is 9. The van der Waals surface area contributed by atoms with Crippen LogP contribution < -0.4 is 0 Å². The standard InChI is InChI=1S/C19H25N3O4S2/c1-26-13-12-21(15-16-6-2-3-9-20-16)18(23)14-17-7-8-19(27-17)28(24,25)22-10-4-5-11-22/h2-3,6-9H,4-5,10-15H2,1H3. The van der Waals surface area contributed by atoms with Gasteiger partial charge >= 0.3 is 0 Å². The third kappa shape index (κ3) is 5.16. The molecule has 3 heterocycles. The molecule has 1 saturated heterocycles. The molecule has 0 unspecified atom stereocenters. The lowest BCUT2D eigenvalue weighted by atomic mass is 10.2. The lowest BCUT2D eigenvalue weighted by Gasteiger charge is -2.22. The predicted molar refractivity (Wildman–Crippen MR) is 108 cm³/mol. The van der Waals surface area contributed by atoms with Crippen molar-refractivity contribution in [3.8, 4) is 0 Å². The zero-order valence-corrected chi connectivity index (χ0v) is 17.5. The van der Waals surface area contributed by atoms with Crippen molar-refractivity contribution in [2.24, 2.45) is 0 Å². The summed E-state index contributed by atoms with van der Waals surface area (Å²) in [4.78, 5) is 19.5. The molecule has 2 aromatic heterocycles. The van der Waals surface area contributed by atoms with Gasteiger partial charge in [0, 0.05) is 37.8 Å². The quantitative estimate of drug-likeness (QED) is 0.617. The highest BCUT2D eigenvalue weighted by Crippen LogP contribution is 2.27. The summed E-state index contributed by atoms with van der Waals surface area (Å²) >= 11 is 1.18. The van der Waals surface area contributed by atoms with E-state index in [1.165, 1.54) is 15.6 Å². The Bertz CT molecular complexity index is 878. The lowest BCUT2D eigenvalue weighted by molar-refractivity contribution is -0.131. The molecular formula is C19H25N3O4S2. The Labute approximate surface area is 170 Å². The first-order chi connectivity index (χ1) is 13.5. The predicted octanol–water partition coefficient (Wildman–Crippen LogP) is 2.15. The summed E-state index contributed by atoms with van der Waals surface area (Å²) in [6, 6.07) is 8.94. The molecule has 1 aliphatic rings. The SMILES string of the molecule is COCCN(Cc1ccccn1)C(=O)Cc1ccc(S(=O)(=O)N2CCCC2)s1. The van der Waals surface area contributed by atoms with Gasteiger partial charge in [0.25, 0.3) is 10.0 Å². The van der Waals surface area contributed by atoms with Gasteiger partial charge in [-0.05, 0) is 37.1 Å². The third-order valence-electron chi connectivity index (χ3n) is 4.62. The molecule has 28 heavy (non-hydrogen) atoms. The molecule has 0 aliphatic carbocycles. The number of carbonyl (C=O) groups is 1. The van der Waals surface area contributed by atoms with Gasteiger partial charge < -0.3 is 9.64 Å². The summed E-state index contributed by atoms with van der Waals surface area (Å²) in [6.45, 7) is 2.42. The van der Waals surface area contributed by atoms with Gasteiger partial charge in [0.05, 0.1) is 25.3 Å². The number of ether oxygens (including phenoxy) is 1. The zero-order valence-electron chi connectivity index (χ0n) is 15.9. The Morgan fingerprint density at radius 2 is 2.04 bits per heavy atom. The Morgan fingerprint density at radius 3 is 2.71 bits per heavy atom. The number of amides is 1. The second-order valence-electron chi connectivity index (χ2n) is 6.64. The molecular weight excluding hydrogens is 398 g/mol. The van der Waals surface area contributed by atoms with Crippen molar-refractivity contribution in [2.45, 2.75) is 30.0 Å². The molecule has 3 rings (SSSR count). The maximum Gasteiger partial charge on any atom is 0.252 e. The molecule has 0 spiro atoms. The van der Waals surface area contributed by atoms with Gasteiger partial charge in [-0.3, -0.25) is 9.78 Å². The monoisotopic (exact) mass is 423 g/mol. The maximum atomic E-state index is 12.8. The average molecular weight is 424 g/mol. The summed E-state index contributed by atoms with van der Waals surface area (Å²) < 4.78 is 32.3. The van der Waals surface area contributed by atoms with Crippen molar-refractivity contribution >= 4 is 27.3 Å². The van der Waals surface area contributed by atoms with Crippen LogP contribution in [-0.4, -0.2) is 61.9 Å². The minimum atomic E-state index is -3.44. The van der Waals surface area contributed by atoms with Crippen LogP contribution in [0.1, 0.15) is 23.4 Å². The van der Waals surface area contributed by atoms with E-state index < -0.39 is 10.0 Å². The van der Waals surface area contributed by atoms with E-state index in [0.717, 1.165) is 23.4 Å². The molecule has 0 bridgehead atoms. The topological polar surface area (TPSA) is 79.8 Å². The van der Waals surface area contributed by atoms with E-state index >= 15 is 0 Å². The summed E-state index contributed by atoms with van der Waals surface area (Å²) in [5.74, 6) is -0.0744. The van der Waals surface area contributed by atoms with Crippen LogP contribution in [0, 0.1) is 0 Å². The minimum absolute atomic E-state index is 0.0744. The lowest BCUT2D eigenvalue weighted by Crippen LogP contribution is -2.34. The number of hydrogen-bond donors (Lipinski definition) is 0. The number of thiophene rings is 1. The van der Waals surface area contributed by atoms with E-state index in [0.29, 0.717) is 37.0 Å². The fourth-order valence-corrected chi connectivity index (χ4v) is 6.11. The van der Waals surface area contributed by atoms with Gasteiger partial charge in [-0.15, -0.1) is 11.3 Å². The van der Waals surface area contributed by atoms with E-state index in [4.69, 9.17) is 4.74 Å². The minimum Gasteiger partial charge on any atom is -0.383 e. The van der Waals surface area contributed by atoms with Crippen LogP contribution in [0.15, 0.2) is 40.7 Å². The van der Waals surface area contributed by atoms with Crippen molar-refractivity contribution in [1.82, 2.24) is 14.2 Å². The van der Waals surface area contributed by atoms with E-state index in [2.05, 4.69) is 4.98 Å². The summed E-state index contributed by atoms with van der Waals surface area (Å²) in [7, 11) is -1.84. The number of nitrogens with zero attached hydrogens (tertiary/aromatic N) is 3. The number of hydrogen-bond acceptors (Lipinski definition) is 6. The van der Waals surface area contributed by atoms with Gasteiger partial charge in [0.15, 0.2) is 0 Å². The Morgan fingerprint density at radius 1 is 1.25 bits per heavy atom. The van der Waals surface area contributed by atoms with Crippen molar-refractivity contribution in [3.63, 3.8) is 0 Å². The highest BCUT2D eigenvalue weighted by atomic mass is 32.2. The molecule has 1 amide bonds. The molecule has 0 radical (unpaired) electrons. The first-order valence-corrected chi connectivity index (χ1v) is 11.5. The van der Waals surface area contributed by atoms with Crippen LogP contribution in [0.5, 0.6) is 0 Å². The molecule has 9 heteroatoms. The van der Waals surface area contributed by atoms with Crippen LogP contribution in [0.25, 0.3) is 0 Å². The maximum absolute atomic E-state index is 12.8. The van der Waals surface area contributed by atoms with Crippen LogP contribution in [0.3, 0.4) is 0 Å². The average Bonchev–Trinajstić information content (AvgIpc) is 3.38.